The maximum absolute atomic E-state index is 11.2. The van der Waals surface area contributed by atoms with Crippen molar-refractivity contribution in [1.82, 2.24) is 0 Å². The summed E-state index contributed by atoms with van der Waals surface area (Å²) in [5.41, 5.74) is 0.332. The molecule has 0 aliphatic heterocycles. The summed E-state index contributed by atoms with van der Waals surface area (Å²) in [4.78, 5) is 10.5. The molecule has 1 heterocycles. The van der Waals surface area contributed by atoms with Crippen molar-refractivity contribution in [3.8, 4) is 5.75 Å². The van der Waals surface area contributed by atoms with Crippen LogP contribution in [0.4, 0.5) is 0 Å². The highest BCUT2D eigenvalue weighted by Crippen LogP contribution is 2.23. The van der Waals surface area contributed by atoms with Crippen LogP contribution in [0.5, 0.6) is 5.75 Å². The lowest BCUT2D eigenvalue weighted by Crippen LogP contribution is -2.11. The zero-order chi connectivity index (χ0) is 11.8. The van der Waals surface area contributed by atoms with E-state index >= 15 is 0 Å². The van der Waals surface area contributed by atoms with Crippen molar-refractivity contribution in [2.45, 2.75) is 6.92 Å². The van der Waals surface area contributed by atoms with Crippen LogP contribution in [0.3, 0.4) is 0 Å². The molecular weight excluding hydrogens is 252 g/mol. The summed E-state index contributed by atoms with van der Waals surface area (Å²) in [5, 5.41) is 0. The lowest BCUT2D eigenvalue weighted by Gasteiger charge is -2.03. The Morgan fingerprint density at radius 1 is 1.44 bits per heavy atom. The maximum Gasteiger partial charge on any atom is 0.396 e. The Morgan fingerprint density at radius 2 is 2.19 bits per heavy atom. The van der Waals surface area contributed by atoms with E-state index in [1.165, 1.54) is 19.1 Å². The minimum absolute atomic E-state index is 0.112. The Hall–Kier alpha value is -1.34. The molecule has 0 fully saturated rings. The number of rotatable bonds is 3. The summed E-state index contributed by atoms with van der Waals surface area (Å²) in [6.07, 6.45) is 0. The highest BCUT2D eigenvalue weighted by atomic mass is 32.2. The zero-order valence-electron chi connectivity index (χ0n) is 8.30. The largest absolute Gasteiger partial charge is 0.414 e. The third-order valence-electron chi connectivity index (χ3n) is 1.88. The predicted molar refractivity (Wildman–Crippen MR) is 60.4 cm³/mol. The lowest BCUT2D eigenvalue weighted by molar-refractivity contribution is 0.487. The molecule has 1 aromatic carbocycles. The molecule has 0 aliphatic rings. The van der Waals surface area contributed by atoms with Gasteiger partial charge < -0.3 is 8.60 Å². The van der Waals surface area contributed by atoms with Gasteiger partial charge in [-0.05, 0) is 19.1 Å². The van der Waals surface area contributed by atoms with Gasteiger partial charge in [-0.2, -0.15) is 8.42 Å². The molecule has 0 N–H and O–H groups in total. The highest BCUT2D eigenvalue weighted by molar-refractivity contribution is 7.87. The fraction of sp³-hybridized carbons (Fsp3) is 0.222. The first-order valence-electron chi connectivity index (χ1n) is 4.46. The molecule has 2 rings (SSSR count). The van der Waals surface area contributed by atoms with Crippen molar-refractivity contribution in [3.05, 3.63) is 27.9 Å². The Labute approximate surface area is 95.4 Å². The molecule has 7 heteroatoms. The third kappa shape index (κ3) is 2.25. The normalized spacial score (nSPS) is 11.8. The average Bonchev–Trinajstić information content (AvgIpc) is 2.57. The molecule has 2 aromatic rings. The maximum atomic E-state index is 11.2. The Bertz CT molecular complexity index is 665. The number of benzene rings is 1. The van der Waals surface area contributed by atoms with Crippen molar-refractivity contribution < 1.29 is 17.0 Å². The summed E-state index contributed by atoms with van der Waals surface area (Å²) < 4.78 is 32.7. The molecule has 0 bridgehead atoms. The van der Waals surface area contributed by atoms with E-state index in [1.807, 2.05) is 0 Å². The van der Waals surface area contributed by atoms with Gasteiger partial charge in [0.05, 0.1) is 10.5 Å². The number of hydrogen-bond donors (Lipinski definition) is 0. The molecule has 1 aromatic heterocycles. The molecule has 0 spiro atoms. The molecule has 0 saturated heterocycles. The van der Waals surface area contributed by atoms with Crippen LogP contribution >= 0.6 is 11.3 Å². The molecule has 0 aliphatic carbocycles. The molecule has 0 unspecified atom stereocenters. The first-order chi connectivity index (χ1) is 7.50. The first-order valence-corrected chi connectivity index (χ1v) is 6.85. The van der Waals surface area contributed by atoms with Crippen LogP contribution in [0.2, 0.25) is 0 Å². The van der Waals surface area contributed by atoms with Gasteiger partial charge in [-0.15, -0.1) is 0 Å². The summed E-state index contributed by atoms with van der Waals surface area (Å²) >= 11 is 0.957. The van der Waals surface area contributed by atoms with E-state index in [0.717, 1.165) is 11.3 Å². The van der Waals surface area contributed by atoms with Crippen LogP contribution in [0, 0.1) is 0 Å². The topological polar surface area (TPSA) is 73.6 Å². The number of fused-ring (bicyclic) bond motifs is 1. The monoisotopic (exact) mass is 260 g/mol. The van der Waals surface area contributed by atoms with Crippen molar-refractivity contribution >= 4 is 31.7 Å². The van der Waals surface area contributed by atoms with E-state index in [4.69, 9.17) is 8.60 Å². The van der Waals surface area contributed by atoms with Crippen molar-refractivity contribution in [3.63, 3.8) is 0 Å². The van der Waals surface area contributed by atoms with Gasteiger partial charge in [0, 0.05) is 6.07 Å². The van der Waals surface area contributed by atoms with E-state index < -0.39 is 15.1 Å². The zero-order valence-corrected chi connectivity index (χ0v) is 9.93. The standard InChI is InChI=1S/C9H8O5S2/c1-2-16(11,12)14-6-3-4-8-7(5-6)13-9(10)15-8/h3-5H,2H2,1H3. The van der Waals surface area contributed by atoms with Crippen LogP contribution in [0.25, 0.3) is 10.3 Å². The molecule has 16 heavy (non-hydrogen) atoms. The molecular formula is C9H8O5S2. The smallest absolute Gasteiger partial charge is 0.396 e. The molecule has 0 atom stereocenters. The third-order valence-corrected chi connectivity index (χ3v) is 3.84. The van der Waals surface area contributed by atoms with Gasteiger partial charge in [0.1, 0.15) is 5.75 Å². The minimum Gasteiger partial charge on any atom is -0.414 e. The second-order valence-electron chi connectivity index (χ2n) is 2.99. The van der Waals surface area contributed by atoms with Gasteiger partial charge in [0.15, 0.2) is 5.58 Å². The molecule has 5 nitrogen and oxygen atoms in total. The van der Waals surface area contributed by atoms with Crippen molar-refractivity contribution in [2.75, 3.05) is 5.75 Å². The van der Waals surface area contributed by atoms with E-state index in [2.05, 4.69) is 0 Å². The van der Waals surface area contributed by atoms with E-state index in [9.17, 15) is 13.2 Å². The van der Waals surface area contributed by atoms with Crippen LogP contribution in [-0.4, -0.2) is 14.2 Å². The van der Waals surface area contributed by atoms with Crippen LogP contribution in [0.15, 0.2) is 27.4 Å². The van der Waals surface area contributed by atoms with E-state index in [-0.39, 0.29) is 11.5 Å². The Kier molecular flexibility index (Phi) is 2.73. The quantitative estimate of drug-likeness (QED) is 0.783. The van der Waals surface area contributed by atoms with Crippen LogP contribution in [-0.2, 0) is 10.1 Å². The molecule has 0 radical (unpaired) electrons. The summed E-state index contributed by atoms with van der Waals surface area (Å²) in [5.74, 6) is 0.0365. The van der Waals surface area contributed by atoms with Gasteiger partial charge in [0.25, 0.3) is 0 Å². The van der Waals surface area contributed by atoms with Crippen molar-refractivity contribution in [1.29, 1.82) is 0 Å². The Balaban J connectivity index is 2.43. The van der Waals surface area contributed by atoms with Gasteiger partial charge in [-0.25, -0.2) is 4.79 Å². The fourth-order valence-corrected chi connectivity index (χ4v) is 2.27. The second kappa shape index (κ2) is 3.91. The van der Waals surface area contributed by atoms with Gasteiger partial charge in [0.2, 0.25) is 0 Å². The highest BCUT2D eigenvalue weighted by Gasteiger charge is 2.11. The fourth-order valence-electron chi connectivity index (χ4n) is 1.11. The summed E-state index contributed by atoms with van der Waals surface area (Å²) in [6.45, 7) is 1.48. The summed E-state index contributed by atoms with van der Waals surface area (Å²) in [7, 11) is -3.55. The van der Waals surface area contributed by atoms with Gasteiger partial charge in [-0.1, -0.05) is 11.3 Å². The van der Waals surface area contributed by atoms with Crippen LogP contribution in [0.1, 0.15) is 6.92 Å². The number of hydrogen-bond acceptors (Lipinski definition) is 6. The summed E-state index contributed by atoms with van der Waals surface area (Å²) in [6, 6.07) is 4.47. The predicted octanol–water partition coefficient (Wildman–Crippen LogP) is 1.58. The first kappa shape index (κ1) is 11.2. The molecule has 86 valence electrons. The lowest BCUT2D eigenvalue weighted by atomic mass is 10.3. The molecule has 0 saturated carbocycles. The SMILES string of the molecule is CCS(=O)(=O)Oc1ccc2sc(=O)oc2c1. The second-order valence-corrected chi connectivity index (χ2v) is 5.83. The van der Waals surface area contributed by atoms with E-state index in [0.29, 0.717) is 10.3 Å². The average molecular weight is 260 g/mol. The van der Waals surface area contributed by atoms with Gasteiger partial charge in [-0.3, -0.25) is 0 Å². The van der Waals surface area contributed by atoms with Gasteiger partial charge >= 0.3 is 15.1 Å². The van der Waals surface area contributed by atoms with Crippen LogP contribution < -0.4 is 9.12 Å². The molecule has 0 amide bonds. The van der Waals surface area contributed by atoms with E-state index in [1.54, 1.807) is 6.07 Å². The van der Waals surface area contributed by atoms with Crippen molar-refractivity contribution in [2.24, 2.45) is 0 Å². The Morgan fingerprint density at radius 3 is 2.88 bits per heavy atom. The minimum atomic E-state index is -3.55.